The van der Waals surface area contributed by atoms with E-state index in [1.807, 2.05) is 6.07 Å². The van der Waals surface area contributed by atoms with Gasteiger partial charge >= 0.3 is 12.4 Å². The molecule has 11 heteroatoms. The maximum atomic E-state index is 13.4. The molecule has 1 heterocycles. The molecule has 0 saturated carbocycles. The first-order valence-corrected chi connectivity index (χ1v) is 14.9. The number of fused-ring (bicyclic) bond motifs is 2. The van der Waals surface area contributed by atoms with Gasteiger partial charge in [-0.2, -0.15) is 31.8 Å². The number of piperidine rings is 1. The summed E-state index contributed by atoms with van der Waals surface area (Å²) in [4.78, 5) is 20.7. The normalized spacial score (nSPS) is 17.0. The van der Waals surface area contributed by atoms with Gasteiger partial charge in [0.15, 0.2) is 0 Å². The molecule has 3 aromatic carbocycles. The minimum absolute atomic E-state index is 0.0196. The van der Waals surface area contributed by atoms with Crippen LogP contribution in [0.5, 0.6) is 0 Å². The Kier molecular flexibility index (Phi) is 9.71. The minimum atomic E-state index is -4.94. The third kappa shape index (κ3) is 7.77. The molecule has 1 aliphatic carbocycles. The molecule has 1 aliphatic heterocycles. The predicted octanol–water partition coefficient (Wildman–Crippen LogP) is 7.69. The second-order valence-corrected chi connectivity index (χ2v) is 11.5. The van der Waals surface area contributed by atoms with Crippen molar-refractivity contribution in [1.82, 2.24) is 15.7 Å². The van der Waals surface area contributed by atoms with Gasteiger partial charge in [0, 0.05) is 30.6 Å². The molecule has 2 aliphatic rings. The number of amides is 1. The molecular weight excluding hydrogens is 596 g/mol. The van der Waals surface area contributed by atoms with Gasteiger partial charge in [-0.1, -0.05) is 48.6 Å². The van der Waals surface area contributed by atoms with Crippen molar-refractivity contribution in [2.24, 2.45) is 0 Å². The van der Waals surface area contributed by atoms with Crippen molar-refractivity contribution in [3.05, 3.63) is 112 Å². The molecule has 0 radical (unpaired) electrons. The summed E-state index contributed by atoms with van der Waals surface area (Å²) in [5.74, 6) is -0.263. The Bertz CT molecular complexity index is 1490. The van der Waals surface area contributed by atoms with Crippen LogP contribution in [0, 0.1) is 0 Å². The van der Waals surface area contributed by atoms with E-state index < -0.39 is 36.1 Å². The van der Waals surface area contributed by atoms with Crippen LogP contribution in [0.4, 0.5) is 26.3 Å². The average Bonchev–Trinajstić information content (AvgIpc) is 3.36. The summed E-state index contributed by atoms with van der Waals surface area (Å²) in [5, 5.41) is 2.75. The summed E-state index contributed by atoms with van der Waals surface area (Å²) in [6, 6.07) is 16.7. The molecule has 1 spiro atoms. The first-order chi connectivity index (χ1) is 21.4. The largest absolute Gasteiger partial charge is 0.416 e. The summed E-state index contributed by atoms with van der Waals surface area (Å²) < 4.78 is 80.1. The Labute approximate surface area is 258 Å². The van der Waals surface area contributed by atoms with E-state index in [4.69, 9.17) is 4.84 Å². The summed E-state index contributed by atoms with van der Waals surface area (Å²) in [6.07, 6.45) is -3.65. The predicted molar refractivity (Wildman–Crippen MR) is 159 cm³/mol. The van der Waals surface area contributed by atoms with Crippen LogP contribution >= 0.6 is 0 Å². The standard InChI is InChI=1S/C34H35F6N3O2/c1-2-41-31(44)26-8-5-7-25(20-26)30(45-42-22-23-18-27(33(35,36)37)21-28(19-23)34(38,39)40)11-15-43-16-13-32(14-17-43)12-10-24-6-3-4-9-29(24)32/h3-10,12,18-21,30,42H,2,11,13-17,22H2,1H3,(H,41,44). The smallest absolute Gasteiger partial charge is 0.352 e. The van der Waals surface area contributed by atoms with Crippen LogP contribution in [0.25, 0.3) is 6.08 Å². The highest BCUT2D eigenvalue weighted by Crippen LogP contribution is 2.44. The Hall–Kier alpha value is -3.67. The van der Waals surface area contributed by atoms with Crippen LogP contribution in [-0.4, -0.2) is 37.0 Å². The second-order valence-electron chi connectivity index (χ2n) is 11.5. The van der Waals surface area contributed by atoms with Crippen LogP contribution in [-0.2, 0) is 29.1 Å². The van der Waals surface area contributed by atoms with E-state index >= 15 is 0 Å². The molecule has 1 amide bonds. The first kappa shape index (κ1) is 32.7. The summed E-state index contributed by atoms with van der Waals surface area (Å²) in [6.45, 7) is 4.19. The summed E-state index contributed by atoms with van der Waals surface area (Å²) in [5.41, 5.74) is 3.31. The van der Waals surface area contributed by atoms with E-state index in [9.17, 15) is 31.1 Å². The number of carbonyl (C=O) groups is 1. The maximum absolute atomic E-state index is 13.4. The molecule has 1 fully saturated rings. The van der Waals surface area contributed by atoms with Gasteiger partial charge in [-0.25, -0.2) is 0 Å². The molecule has 240 valence electrons. The van der Waals surface area contributed by atoms with Crippen molar-refractivity contribution in [3.63, 3.8) is 0 Å². The molecule has 2 N–H and O–H groups in total. The zero-order valence-electron chi connectivity index (χ0n) is 24.8. The van der Waals surface area contributed by atoms with E-state index in [0.29, 0.717) is 42.8 Å². The van der Waals surface area contributed by atoms with Crippen LogP contribution in [0.15, 0.2) is 72.8 Å². The summed E-state index contributed by atoms with van der Waals surface area (Å²) in [7, 11) is 0. The Morgan fingerprint density at radius 1 is 0.933 bits per heavy atom. The minimum Gasteiger partial charge on any atom is -0.352 e. The molecule has 5 rings (SSSR count). The van der Waals surface area contributed by atoms with Crippen LogP contribution < -0.4 is 10.8 Å². The van der Waals surface area contributed by atoms with Crippen molar-refractivity contribution < 1.29 is 36.0 Å². The number of carbonyl (C=O) groups excluding carboxylic acids is 1. The highest BCUT2D eigenvalue weighted by molar-refractivity contribution is 5.94. The van der Waals surface area contributed by atoms with Crippen LogP contribution in [0.2, 0.25) is 0 Å². The number of likely N-dealkylation sites (tertiary alicyclic amines) is 1. The number of hydrogen-bond acceptors (Lipinski definition) is 4. The Morgan fingerprint density at radius 3 is 2.29 bits per heavy atom. The van der Waals surface area contributed by atoms with Gasteiger partial charge in [0.1, 0.15) is 6.10 Å². The molecule has 5 nitrogen and oxygen atoms in total. The van der Waals surface area contributed by atoms with E-state index in [-0.39, 0.29) is 23.0 Å². The van der Waals surface area contributed by atoms with Crippen molar-refractivity contribution in [1.29, 1.82) is 0 Å². The fraction of sp³-hybridized carbons (Fsp3) is 0.382. The number of alkyl halides is 6. The molecule has 0 aromatic heterocycles. The fourth-order valence-electron chi connectivity index (χ4n) is 6.13. The quantitative estimate of drug-likeness (QED) is 0.178. The molecule has 3 aromatic rings. The van der Waals surface area contributed by atoms with Gasteiger partial charge in [-0.3, -0.25) is 9.63 Å². The van der Waals surface area contributed by atoms with E-state index in [1.54, 1.807) is 31.2 Å². The number of halogens is 6. The molecule has 1 saturated heterocycles. The van der Waals surface area contributed by atoms with Gasteiger partial charge in [0.25, 0.3) is 5.91 Å². The third-order valence-corrected chi connectivity index (χ3v) is 8.54. The first-order valence-electron chi connectivity index (χ1n) is 14.9. The van der Waals surface area contributed by atoms with E-state index in [2.05, 4.69) is 46.0 Å². The Morgan fingerprint density at radius 2 is 1.62 bits per heavy atom. The van der Waals surface area contributed by atoms with Gasteiger partial charge in [-0.15, -0.1) is 0 Å². The highest BCUT2D eigenvalue weighted by Gasteiger charge is 2.38. The lowest BCUT2D eigenvalue weighted by atomic mass is 9.74. The second kappa shape index (κ2) is 13.4. The number of hydrogen-bond donors (Lipinski definition) is 2. The lowest BCUT2D eigenvalue weighted by molar-refractivity contribution is -0.143. The lowest BCUT2D eigenvalue weighted by Gasteiger charge is -2.39. The Balaban J connectivity index is 1.28. The summed E-state index contributed by atoms with van der Waals surface area (Å²) >= 11 is 0. The van der Waals surface area contributed by atoms with Crippen molar-refractivity contribution in [2.75, 3.05) is 26.2 Å². The average molecular weight is 632 g/mol. The molecule has 45 heavy (non-hydrogen) atoms. The van der Waals surface area contributed by atoms with Crippen molar-refractivity contribution >= 4 is 12.0 Å². The van der Waals surface area contributed by atoms with Crippen LogP contribution in [0.1, 0.15) is 76.0 Å². The SMILES string of the molecule is CCNC(=O)c1cccc(C(CCN2CCC3(C=Cc4ccccc43)CC2)ONCc2cc(C(F)(F)F)cc(C(F)(F)F)c2)c1. The number of nitrogens with one attached hydrogen (secondary N) is 2. The van der Waals surface area contributed by atoms with Gasteiger partial charge in [0.2, 0.25) is 0 Å². The van der Waals surface area contributed by atoms with E-state index in [1.165, 1.54) is 11.1 Å². The number of rotatable bonds is 10. The molecule has 1 unspecified atom stereocenters. The molecule has 1 atom stereocenters. The van der Waals surface area contributed by atoms with E-state index in [0.717, 1.165) is 25.9 Å². The number of allylic oxidation sites excluding steroid dienone is 1. The number of benzene rings is 3. The highest BCUT2D eigenvalue weighted by atomic mass is 19.4. The zero-order valence-corrected chi connectivity index (χ0v) is 24.8. The molecule has 0 bridgehead atoms. The monoisotopic (exact) mass is 631 g/mol. The maximum Gasteiger partial charge on any atom is 0.416 e. The molecular formula is C34H35F6N3O2. The fourth-order valence-corrected chi connectivity index (χ4v) is 6.13. The van der Waals surface area contributed by atoms with Crippen molar-refractivity contribution in [2.45, 2.75) is 56.6 Å². The van der Waals surface area contributed by atoms with Gasteiger partial charge in [0.05, 0.1) is 11.1 Å². The third-order valence-electron chi connectivity index (χ3n) is 8.54. The number of hydroxylamine groups is 1. The van der Waals surface area contributed by atoms with Crippen LogP contribution in [0.3, 0.4) is 0 Å². The topological polar surface area (TPSA) is 53.6 Å². The lowest BCUT2D eigenvalue weighted by Crippen LogP contribution is -2.41. The van der Waals surface area contributed by atoms with Crippen molar-refractivity contribution in [3.8, 4) is 0 Å². The number of nitrogens with zero attached hydrogens (tertiary/aromatic N) is 1. The van der Waals surface area contributed by atoms with Gasteiger partial charge < -0.3 is 10.2 Å². The van der Waals surface area contributed by atoms with Gasteiger partial charge in [-0.05, 0) is 91.9 Å². The zero-order chi connectivity index (χ0) is 32.2.